The number of aryl methyl sites for hydroxylation is 1. The average Bonchev–Trinajstić information content (AvgIpc) is 2.95. The van der Waals surface area contributed by atoms with Crippen molar-refractivity contribution in [2.24, 2.45) is 7.05 Å². The Labute approximate surface area is 146 Å². The van der Waals surface area contributed by atoms with Crippen molar-refractivity contribution in [2.75, 3.05) is 19.8 Å². The van der Waals surface area contributed by atoms with Gasteiger partial charge in [0.2, 0.25) is 5.91 Å². The van der Waals surface area contributed by atoms with E-state index < -0.39 is 5.97 Å². The minimum atomic E-state index is -1.00. The van der Waals surface area contributed by atoms with E-state index in [2.05, 4.69) is 0 Å². The van der Waals surface area contributed by atoms with Crippen LogP contribution in [0.2, 0.25) is 0 Å². The van der Waals surface area contributed by atoms with Crippen LogP contribution in [0.3, 0.4) is 0 Å². The van der Waals surface area contributed by atoms with Crippen LogP contribution in [0.25, 0.3) is 17.0 Å². The number of ether oxygens (including phenoxy) is 1. The predicted octanol–water partition coefficient (Wildman–Crippen LogP) is 2.28. The molecule has 6 nitrogen and oxygen atoms in total. The molecule has 132 valence electrons. The number of hydrogen-bond acceptors (Lipinski definition) is 3. The van der Waals surface area contributed by atoms with Gasteiger partial charge in [0.05, 0.1) is 0 Å². The molecule has 1 fully saturated rings. The van der Waals surface area contributed by atoms with Gasteiger partial charge < -0.3 is 19.3 Å². The Morgan fingerprint density at radius 2 is 2.04 bits per heavy atom. The molecule has 0 spiro atoms. The Hall–Kier alpha value is -2.60. The van der Waals surface area contributed by atoms with Crippen molar-refractivity contribution in [3.63, 3.8) is 0 Å². The number of carboxylic acids is 1. The number of fused-ring (bicyclic) bond motifs is 1. The molecule has 0 saturated carbocycles. The largest absolute Gasteiger partial charge is 0.480 e. The molecule has 1 aliphatic heterocycles. The van der Waals surface area contributed by atoms with Gasteiger partial charge in [-0.1, -0.05) is 18.2 Å². The van der Waals surface area contributed by atoms with Crippen LogP contribution in [0.1, 0.15) is 18.4 Å². The number of carbonyl (C=O) groups excluding carboxylic acids is 1. The molecule has 1 aromatic heterocycles. The first-order chi connectivity index (χ1) is 12.1. The van der Waals surface area contributed by atoms with Crippen molar-refractivity contribution in [3.05, 3.63) is 42.1 Å². The lowest BCUT2D eigenvalue weighted by Crippen LogP contribution is -2.45. The fraction of sp³-hybridized carbons (Fsp3) is 0.368. The van der Waals surface area contributed by atoms with Gasteiger partial charge in [-0.25, -0.2) is 0 Å². The van der Waals surface area contributed by atoms with Gasteiger partial charge in [-0.3, -0.25) is 9.59 Å². The molecule has 6 heteroatoms. The van der Waals surface area contributed by atoms with Crippen LogP contribution in [-0.4, -0.2) is 52.3 Å². The Bertz CT molecular complexity index is 803. The molecule has 2 heterocycles. The molecular weight excluding hydrogens is 320 g/mol. The molecule has 1 N–H and O–H groups in total. The van der Waals surface area contributed by atoms with Crippen LogP contribution in [-0.2, 0) is 21.4 Å². The molecule has 0 unspecified atom stereocenters. The highest BCUT2D eigenvalue weighted by Gasteiger charge is 2.26. The van der Waals surface area contributed by atoms with Gasteiger partial charge in [0.15, 0.2) is 0 Å². The number of carboxylic acid groups (broad SMARTS) is 1. The van der Waals surface area contributed by atoms with E-state index >= 15 is 0 Å². The molecule has 1 amide bonds. The molecule has 1 aliphatic rings. The Morgan fingerprint density at radius 3 is 2.76 bits per heavy atom. The molecule has 1 saturated heterocycles. The van der Waals surface area contributed by atoms with E-state index in [4.69, 9.17) is 9.84 Å². The van der Waals surface area contributed by atoms with Gasteiger partial charge in [-0.05, 0) is 25.0 Å². The number of rotatable bonds is 5. The monoisotopic (exact) mass is 342 g/mol. The van der Waals surface area contributed by atoms with Crippen LogP contribution in [0.15, 0.2) is 36.5 Å². The third-order valence-electron chi connectivity index (χ3n) is 4.55. The van der Waals surface area contributed by atoms with Crippen molar-refractivity contribution in [1.82, 2.24) is 9.47 Å². The maximum Gasteiger partial charge on any atom is 0.323 e. The van der Waals surface area contributed by atoms with E-state index in [1.165, 1.54) is 11.0 Å². The fourth-order valence-corrected chi connectivity index (χ4v) is 3.29. The standard InChI is InChI=1S/C19H22N2O4/c1-20-12-14(16-4-2-3-5-17(16)20)6-7-18(22)21(13-19(23)24)15-8-10-25-11-9-15/h2-7,12,15H,8-11,13H2,1H3,(H,23,24)/b7-6+. The Balaban J connectivity index is 1.81. The number of hydrogen-bond donors (Lipinski definition) is 1. The summed E-state index contributed by atoms with van der Waals surface area (Å²) in [5.41, 5.74) is 2.02. The van der Waals surface area contributed by atoms with Crippen LogP contribution in [0, 0.1) is 0 Å². The SMILES string of the molecule is Cn1cc(/C=C/C(=O)N(CC(=O)O)C2CCOCC2)c2ccccc21. The normalized spacial score (nSPS) is 15.7. The van der Waals surface area contributed by atoms with Crippen LogP contribution in [0.5, 0.6) is 0 Å². The summed E-state index contributed by atoms with van der Waals surface area (Å²) in [7, 11) is 1.96. The molecule has 0 bridgehead atoms. The molecule has 25 heavy (non-hydrogen) atoms. The van der Waals surface area contributed by atoms with E-state index in [1.807, 2.05) is 42.1 Å². The number of carbonyl (C=O) groups is 2. The van der Waals surface area contributed by atoms with E-state index in [0.717, 1.165) is 16.5 Å². The molecule has 2 aromatic rings. The summed E-state index contributed by atoms with van der Waals surface area (Å²) in [4.78, 5) is 25.2. The first-order valence-corrected chi connectivity index (χ1v) is 8.38. The molecular formula is C19H22N2O4. The zero-order valence-corrected chi connectivity index (χ0v) is 14.2. The molecule has 3 rings (SSSR count). The Kier molecular flexibility index (Phi) is 5.19. The third-order valence-corrected chi connectivity index (χ3v) is 4.55. The fourth-order valence-electron chi connectivity index (χ4n) is 3.29. The van der Waals surface area contributed by atoms with Crippen LogP contribution >= 0.6 is 0 Å². The van der Waals surface area contributed by atoms with Gasteiger partial charge >= 0.3 is 5.97 Å². The van der Waals surface area contributed by atoms with Gasteiger partial charge in [0.25, 0.3) is 0 Å². The lowest BCUT2D eigenvalue weighted by Gasteiger charge is -2.32. The van der Waals surface area contributed by atoms with Crippen molar-refractivity contribution < 1.29 is 19.4 Å². The predicted molar refractivity (Wildman–Crippen MR) is 95.1 cm³/mol. The lowest BCUT2D eigenvalue weighted by molar-refractivity contribution is -0.145. The van der Waals surface area contributed by atoms with Crippen molar-refractivity contribution in [2.45, 2.75) is 18.9 Å². The van der Waals surface area contributed by atoms with Gasteiger partial charge in [-0.15, -0.1) is 0 Å². The zero-order valence-electron chi connectivity index (χ0n) is 14.2. The van der Waals surface area contributed by atoms with E-state index in [-0.39, 0.29) is 18.5 Å². The third kappa shape index (κ3) is 3.91. The van der Waals surface area contributed by atoms with Gasteiger partial charge in [0.1, 0.15) is 6.54 Å². The highest BCUT2D eigenvalue weighted by Crippen LogP contribution is 2.22. The molecule has 0 radical (unpaired) electrons. The van der Waals surface area contributed by atoms with Gasteiger partial charge in [0, 0.05) is 55.0 Å². The summed E-state index contributed by atoms with van der Waals surface area (Å²) >= 11 is 0. The summed E-state index contributed by atoms with van der Waals surface area (Å²) in [6.07, 6.45) is 6.53. The van der Waals surface area contributed by atoms with Crippen LogP contribution < -0.4 is 0 Å². The second kappa shape index (κ2) is 7.53. The topological polar surface area (TPSA) is 71.8 Å². The first-order valence-electron chi connectivity index (χ1n) is 8.38. The number of benzene rings is 1. The second-order valence-electron chi connectivity index (χ2n) is 6.25. The number of amides is 1. The van der Waals surface area contributed by atoms with Crippen molar-refractivity contribution in [3.8, 4) is 0 Å². The summed E-state index contributed by atoms with van der Waals surface area (Å²) < 4.78 is 7.32. The smallest absolute Gasteiger partial charge is 0.323 e. The number of para-hydroxylation sites is 1. The minimum Gasteiger partial charge on any atom is -0.480 e. The quantitative estimate of drug-likeness (QED) is 0.846. The van der Waals surface area contributed by atoms with Crippen LogP contribution in [0.4, 0.5) is 0 Å². The highest BCUT2D eigenvalue weighted by molar-refractivity contribution is 5.97. The summed E-state index contributed by atoms with van der Waals surface area (Å²) in [5, 5.41) is 10.2. The molecule has 0 atom stereocenters. The number of aliphatic carboxylic acids is 1. The van der Waals surface area contributed by atoms with E-state index in [9.17, 15) is 9.59 Å². The van der Waals surface area contributed by atoms with Crippen molar-refractivity contribution in [1.29, 1.82) is 0 Å². The molecule has 0 aliphatic carbocycles. The Morgan fingerprint density at radius 1 is 1.32 bits per heavy atom. The van der Waals surface area contributed by atoms with E-state index in [1.54, 1.807) is 6.08 Å². The van der Waals surface area contributed by atoms with E-state index in [0.29, 0.717) is 26.1 Å². The maximum atomic E-state index is 12.6. The first kappa shape index (κ1) is 17.2. The maximum absolute atomic E-state index is 12.6. The summed E-state index contributed by atoms with van der Waals surface area (Å²) in [5.74, 6) is -1.28. The summed E-state index contributed by atoms with van der Waals surface area (Å²) in [6.45, 7) is 0.825. The van der Waals surface area contributed by atoms with Gasteiger partial charge in [-0.2, -0.15) is 0 Å². The highest BCUT2D eigenvalue weighted by atomic mass is 16.5. The second-order valence-corrected chi connectivity index (χ2v) is 6.25. The summed E-state index contributed by atoms with van der Waals surface area (Å²) in [6, 6.07) is 7.87. The number of nitrogens with zero attached hydrogens (tertiary/aromatic N) is 2. The minimum absolute atomic E-state index is 0.0884. The lowest BCUT2D eigenvalue weighted by atomic mass is 10.1. The number of aromatic nitrogens is 1. The molecule has 1 aromatic carbocycles. The van der Waals surface area contributed by atoms with Crippen molar-refractivity contribution >= 4 is 28.9 Å². The average molecular weight is 342 g/mol. The zero-order chi connectivity index (χ0) is 17.8.